The summed E-state index contributed by atoms with van der Waals surface area (Å²) >= 11 is 0. The molecule has 3 atom stereocenters. The molecule has 2 aromatic rings. The van der Waals surface area contributed by atoms with Crippen LogP contribution in [0.15, 0.2) is 31.0 Å². The highest BCUT2D eigenvalue weighted by atomic mass is 16.2. The van der Waals surface area contributed by atoms with Crippen molar-refractivity contribution in [3.63, 3.8) is 0 Å². The lowest BCUT2D eigenvalue weighted by Crippen LogP contribution is -2.32. The van der Waals surface area contributed by atoms with Crippen molar-refractivity contribution in [2.75, 3.05) is 38.5 Å². The van der Waals surface area contributed by atoms with Crippen LogP contribution in [0.25, 0.3) is 0 Å². The van der Waals surface area contributed by atoms with E-state index in [2.05, 4.69) is 37.2 Å². The van der Waals surface area contributed by atoms with E-state index in [1.165, 1.54) is 0 Å². The van der Waals surface area contributed by atoms with Gasteiger partial charge >= 0.3 is 0 Å². The third-order valence-corrected chi connectivity index (χ3v) is 5.23. The Hall–Kier alpha value is -2.61. The van der Waals surface area contributed by atoms with Crippen LogP contribution in [0.5, 0.6) is 0 Å². The molecule has 0 spiro atoms. The predicted octanol–water partition coefficient (Wildman–Crippen LogP) is 1.07. The Bertz CT molecular complexity index is 753. The van der Waals surface area contributed by atoms with Crippen molar-refractivity contribution in [2.24, 2.45) is 11.8 Å². The van der Waals surface area contributed by atoms with E-state index in [4.69, 9.17) is 0 Å². The minimum absolute atomic E-state index is 0.0237. The van der Waals surface area contributed by atoms with Crippen LogP contribution in [0, 0.1) is 11.8 Å². The smallest absolute Gasteiger partial charge is 0.257 e. The summed E-state index contributed by atoms with van der Waals surface area (Å²) in [5, 5.41) is 3.18. The van der Waals surface area contributed by atoms with Gasteiger partial charge in [0.15, 0.2) is 0 Å². The van der Waals surface area contributed by atoms with E-state index in [0.717, 1.165) is 31.9 Å². The number of nitrogens with one attached hydrogen (secondary N) is 1. The molecule has 0 aliphatic carbocycles. The predicted molar refractivity (Wildman–Crippen MR) is 96.5 cm³/mol. The maximum atomic E-state index is 12.7. The fraction of sp³-hybridized carbons (Fsp3) is 0.500. The molecule has 1 unspecified atom stereocenters. The number of carbonyl (C=O) groups excluding carboxylic acids is 1. The minimum atomic E-state index is -0.0693. The first-order valence-corrected chi connectivity index (χ1v) is 8.92. The Kier molecular flexibility index (Phi) is 4.50. The van der Waals surface area contributed by atoms with Crippen molar-refractivity contribution in [2.45, 2.75) is 13.0 Å². The molecule has 2 aliphatic heterocycles. The summed E-state index contributed by atoms with van der Waals surface area (Å²) in [6.07, 6.45) is 8.19. The van der Waals surface area contributed by atoms with Crippen LogP contribution in [0.4, 0.5) is 5.95 Å². The summed E-state index contributed by atoms with van der Waals surface area (Å²) in [6.45, 7) is 5.78. The third-order valence-electron chi connectivity index (χ3n) is 5.23. The van der Waals surface area contributed by atoms with Crippen LogP contribution in [0.3, 0.4) is 0 Å². The first-order chi connectivity index (χ1) is 12.6. The van der Waals surface area contributed by atoms with E-state index in [9.17, 15) is 4.79 Å². The largest absolute Gasteiger partial charge is 0.346 e. The molecule has 0 saturated carbocycles. The van der Waals surface area contributed by atoms with Gasteiger partial charge in [-0.05, 0) is 25.8 Å². The molecule has 8 nitrogen and oxygen atoms in total. The van der Waals surface area contributed by atoms with Crippen LogP contribution in [0.1, 0.15) is 29.0 Å². The number of rotatable bonds is 4. The number of likely N-dealkylation sites (tertiary alicyclic amines) is 2. The van der Waals surface area contributed by atoms with Gasteiger partial charge in [0.25, 0.3) is 5.91 Å². The number of anilines is 1. The van der Waals surface area contributed by atoms with Crippen LogP contribution < -0.4 is 5.32 Å². The molecule has 2 aliphatic rings. The molecule has 26 heavy (non-hydrogen) atoms. The molecule has 0 bridgehead atoms. The Morgan fingerprint density at radius 1 is 1.08 bits per heavy atom. The summed E-state index contributed by atoms with van der Waals surface area (Å²) in [4.78, 5) is 33.9. The number of carbonyl (C=O) groups is 1. The number of nitrogens with zero attached hydrogens (tertiary/aromatic N) is 6. The van der Waals surface area contributed by atoms with Crippen molar-refractivity contribution in [1.82, 2.24) is 29.7 Å². The lowest BCUT2D eigenvalue weighted by Gasteiger charge is -2.19. The van der Waals surface area contributed by atoms with Gasteiger partial charge in [-0.2, -0.15) is 0 Å². The first-order valence-electron chi connectivity index (χ1n) is 8.92. The second-order valence-corrected chi connectivity index (χ2v) is 7.24. The lowest BCUT2D eigenvalue weighted by molar-refractivity contribution is 0.0775. The monoisotopic (exact) mass is 353 g/mol. The van der Waals surface area contributed by atoms with Gasteiger partial charge in [-0.3, -0.25) is 14.8 Å². The summed E-state index contributed by atoms with van der Waals surface area (Å²) < 4.78 is 0. The molecular formula is C18H23N7O. The van der Waals surface area contributed by atoms with Gasteiger partial charge in [-0.15, -0.1) is 0 Å². The zero-order chi connectivity index (χ0) is 18.1. The van der Waals surface area contributed by atoms with Crippen LogP contribution in [0.2, 0.25) is 0 Å². The SMILES string of the molecule is CC(Nc1ncc(C(=O)N2C[C@H]3CN(C)C[C@H]3C2)cn1)c1cnccn1. The number of amides is 1. The second kappa shape index (κ2) is 6.95. The number of hydrogen-bond donors (Lipinski definition) is 1. The van der Waals surface area contributed by atoms with Gasteiger partial charge in [0, 0.05) is 51.0 Å². The minimum Gasteiger partial charge on any atom is -0.346 e. The van der Waals surface area contributed by atoms with Gasteiger partial charge in [0.2, 0.25) is 5.95 Å². The van der Waals surface area contributed by atoms with Crippen molar-refractivity contribution in [3.8, 4) is 0 Å². The zero-order valence-corrected chi connectivity index (χ0v) is 15.0. The highest BCUT2D eigenvalue weighted by Crippen LogP contribution is 2.30. The topological polar surface area (TPSA) is 87.1 Å². The van der Waals surface area contributed by atoms with Crippen molar-refractivity contribution in [1.29, 1.82) is 0 Å². The number of fused-ring (bicyclic) bond motifs is 1. The molecule has 2 aromatic heterocycles. The molecule has 1 N–H and O–H groups in total. The van der Waals surface area contributed by atoms with Gasteiger partial charge < -0.3 is 15.1 Å². The van der Waals surface area contributed by atoms with Crippen molar-refractivity contribution in [3.05, 3.63) is 42.2 Å². The second-order valence-electron chi connectivity index (χ2n) is 7.24. The average molecular weight is 353 g/mol. The molecule has 1 amide bonds. The van der Waals surface area contributed by atoms with E-state index >= 15 is 0 Å². The van der Waals surface area contributed by atoms with Gasteiger partial charge in [-0.1, -0.05) is 0 Å². The maximum Gasteiger partial charge on any atom is 0.257 e. The number of hydrogen-bond acceptors (Lipinski definition) is 7. The standard InChI is InChI=1S/C18H23N7O/c1-12(16-7-19-3-4-20-16)23-18-21-5-13(6-22-18)17(26)25-10-14-8-24(2)9-15(14)11-25/h3-7,12,14-15H,8-11H2,1-2H3,(H,21,22,23)/t12?,14-,15+. The van der Waals surface area contributed by atoms with E-state index in [0.29, 0.717) is 23.3 Å². The first kappa shape index (κ1) is 16.8. The Labute approximate surface area is 152 Å². The summed E-state index contributed by atoms with van der Waals surface area (Å²) in [5.74, 6) is 1.69. The van der Waals surface area contributed by atoms with Gasteiger partial charge in [-0.25, -0.2) is 9.97 Å². The highest BCUT2D eigenvalue weighted by Gasteiger charge is 2.40. The summed E-state index contributed by atoms with van der Waals surface area (Å²) in [7, 11) is 2.14. The zero-order valence-electron chi connectivity index (χ0n) is 15.0. The van der Waals surface area contributed by atoms with Crippen molar-refractivity contribution < 1.29 is 4.79 Å². The van der Waals surface area contributed by atoms with E-state index < -0.39 is 0 Å². The van der Waals surface area contributed by atoms with E-state index in [-0.39, 0.29) is 11.9 Å². The molecular weight excluding hydrogens is 330 g/mol. The third kappa shape index (κ3) is 3.37. The fourth-order valence-electron chi connectivity index (χ4n) is 3.89. The lowest BCUT2D eigenvalue weighted by atomic mass is 10.0. The summed E-state index contributed by atoms with van der Waals surface area (Å²) in [6, 6.07) is -0.0693. The van der Waals surface area contributed by atoms with E-state index in [1.807, 2.05) is 11.8 Å². The molecule has 0 radical (unpaired) electrons. The van der Waals surface area contributed by atoms with Gasteiger partial charge in [0.05, 0.1) is 23.5 Å². The Morgan fingerprint density at radius 3 is 2.38 bits per heavy atom. The van der Waals surface area contributed by atoms with Crippen LogP contribution >= 0.6 is 0 Å². The molecule has 4 rings (SSSR count). The van der Waals surface area contributed by atoms with Gasteiger partial charge in [0.1, 0.15) is 0 Å². The highest BCUT2D eigenvalue weighted by molar-refractivity contribution is 5.94. The average Bonchev–Trinajstić information content (AvgIpc) is 3.20. The van der Waals surface area contributed by atoms with Crippen molar-refractivity contribution >= 4 is 11.9 Å². The van der Waals surface area contributed by atoms with Crippen LogP contribution in [-0.2, 0) is 0 Å². The quantitative estimate of drug-likeness (QED) is 0.880. The molecule has 0 aromatic carbocycles. The molecule has 136 valence electrons. The van der Waals surface area contributed by atoms with Crippen LogP contribution in [-0.4, -0.2) is 68.9 Å². The maximum absolute atomic E-state index is 12.7. The Morgan fingerprint density at radius 2 is 1.77 bits per heavy atom. The molecule has 4 heterocycles. The molecule has 8 heteroatoms. The summed E-state index contributed by atoms with van der Waals surface area (Å²) in [5.41, 5.74) is 1.35. The fourth-order valence-corrected chi connectivity index (χ4v) is 3.89. The normalized spacial score (nSPS) is 23.7. The van der Waals surface area contributed by atoms with E-state index in [1.54, 1.807) is 31.0 Å². The Balaban J connectivity index is 1.38. The molecule has 2 saturated heterocycles. The number of aromatic nitrogens is 4. The molecule has 2 fully saturated rings.